The van der Waals surface area contributed by atoms with Gasteiger partial charge in [0, 0.05) is 12.0 Å². The highest BCUT2D eigenvalue weighted by atomic mass is 16.5. The Bertz CT molecular complexity index is 1640. The van der Waals surface area contributed by atoms with E-state index >= 15 is 0 Å². The molecule has 8 nitrogen and oxygen atoms in total. The molecule has 0 aliphatic carbocycles. The van der Waals surface area contributed by atoms with E-state index in [1.165, 1.54) is 51.4 Å². The molecule has 4 aromatic rings. The van der Waals surface area contributed by atoms with Crippen LogP contribution in [0.1, 0.15) is 140 Å². The first-order valence-corrected chi connectivity index (χ1v) is 20.8. The lowest BCUT2D eigenvalue weighted by atomic mass is 10.0. The number of esters is 2. The number of hydrogen-bond acceptors (Lipinski definition) is 8. The van der Waals surface area contributed by atoms with Crippen LogP contribution >= 0.6 is 0 Å². The monoisotopic (exact) mass is 750 g/mol. The van der Waals surface area contributed by atoms with Crippen molar-refractivity contribution < 1.29 is 28.5 Å². The zero-order valence-electron chi connectivity index (χ0n) is 33.4. The maximum atomic E-state index is 12.6. The molecule has 0 amide bonds. The normalized spacial score (nSPS) is 11.5. The second-order valence-corrected chi connectivity index (χ2v) is 14.4. The molecule has 0 aliphatic rings. The number of aromatic nitrogens is 2. The quantitative estimate of drug-likeness (QED) is 0.0338. The summed E-state index contributed by atoms with van der Waals surface area (Å²) in [4.78, 5) is 33.9. The lowest BCUT2D eigenvalue weighted by Crippen LogP contribution is -2.15. The van der Waals surface area contributed by atoms with Crippen molar-refractivity contribution >= 4 is 11.9 Å². The fraction of sp³-hybridized carbons (Fsp3) is 0.489. The zero-order valence-corrected chi connectivity index (χ0v) is 33.4. The average molecular weight is 751 g/mol. The zero-order chi connectivity index (χ0) is 38.9. The van der Waals surface area contributed by atoms with Gasteiger partial charge in [0.15, 0.2) is 11.6 Å². The smallest absolute Gasteiger partial charge is 0.338 e. The summed E-state index contributed by atoms with van der Waals surface area (Å²) in [6.07, 6.45) is 21.5. The van der Waals surface area contributed by atoms with Gasteiger partial charge in [0.05, 0.1) is 37.3 Å². The molecule has 0 saturated carbocycles. The number of unbranched alkanes of at least 4 members (excludes halogenated alkanes) is 12. The van der Waals surface area contributed by atoms with Gasteiger partial charge in [-0.1, -0.05) is 109 Å². The van der Waals surface area contributed by atoms with E-state index in [1.54, 1.807) is 24.5 Å². The molecule has 296 valence electrons. The summed E-state index contributed by atoms with van der Waals surface area (Å²) in [6.45, 7) is 7.72. The maximum absolute atomic E-state index is 12.6. The third-order valence-corrected chi connectivity index (χ3v) is 9.61. The molecule has 8 heteroatoms. The Hall–Kier alpha value is -4.72. The van der Waals surface area contributed by atoms with Gasteiger partial charge in [0.2, 0.25) is 0 Å². The van der Waals surface area contributed by atoms with Crippen LogP contribution in [0, 0.1) is 0 Å². The van der Waals surface area contributed by atoms with Crippen LogP contribution < -0.4 is 14.2 Å². The van der Waals surface area contributed by atoms with E-state index in [1.807, 2.05) is 67.6 Å². The van der Waals surface area contributed by atoms with E-state index < -0.39 is 0 Å². The number of nitrogens with zero attached hydrogens (tertiary/aromatic N) is 2. The number of carbonyl (C=O) groups excluding carboxylic acids is 2. The summed E-state index contributed by atoms with van der Waals surface area (Å²) in [5.41, 5.74) is 3.43. The SMILES string of the molecule is CCCCCCCCOc1cnc(-c2ccc(OCCCCCCCC(=O)Oc3ccc(-c4ccc(C(=O)O[C@H](C)CCCCCC)cc4)cc3)cc2)nc1. The molecule has 1 heterocycles. The molecule has 0 radical (unpaired) electrons. The van der Waals surface area contributed by atoms with E-state index in [2.05, 4.69) is 23.8 Å². The summed E-state index contributed by atoms with van der Waals surface area (Å²) in [5.74, 6) is 2.21. The molecule has 0 aliphatic heterocycles. The Morgan fingerprint density at radius 2 is 1.04 bits per heavy atom. The number of benzene rings is 3. The Balaban J connectivity index is 1.04. The first-order chi connectivity index (χ1) is 26.9. The van der Waals surface area contributed by atoms with Gasteiger partial charge < -0.3 is 18.9 Å². The standard InChI is InChI=1S/C47H62N2O6/c1-4-6-8-10-13-18-34-53-44-35-48-46(49-36-44)40-27-29-42(30-28-40)52-33-17-14-11-12-16-20-45(50)55-43-31-25-39(26-32-43)38-21-23-41(24-22-38)47(51)54-37(3)19-15-9-7-5-2/h21-32,35-37H,4-20,33-34H2,1-3H3/t37-/m1/s1. The van der Waals surface area contributed by atoms with Crippen LogP contribution in [0.15, 0.2) is 85.2 Å². The van der Waals surface area contributed by atoms with Crippen molar-refractivity contribution in [3.63, 3.8) is 0 Å². The average Bonchev–Trinajstić information content (AvgIpc) is 3.21. The molecule has 1 atom stereocenters. The Morgan fingerprint density at radius 3 is 1.65 bits per heavy atom. The predicted octanol–water partition coefficient (Wildman–Crippen LogP) is 12.4. The number of rotatable bonds is 27. The second kappa shape index (κ2) is 25.4. The molecular weight excluding hydrogens is 689 g/mol. The molecule has 1 aromatic heterocycles. The highest BCUT2D eigenvalue weighted by Crippen LogP contribution is 2.25. The van der Waals surface area contributed by atoms with Gasteiger partial charge in [0.1, 0.15) is 11.5 Å². The highest BCUT2D eigenvalue weighted by molar-refractivity contribution is 5.90. The van der Waals surface area contributed by atoms with Crippen molar-refractivity contribution in [2.24, 2.45) is 0 Å². The molecule has 3 aromatic carbocycles. The van der Waals surface area contributed by atoms with Crippen LogP contribution in [-0.2, 0) is 9.53 Å². The molecule has 0 N–H and O–H groups in total. The van der Waals surface area contributed by atoms with Crippen LogP contribution in [0.2, 0.25) is 0 Å². The van der Waals surface area contributed by atoms with Crippen molar-refractivity contribution in [2.45, 2.75) is 136 Å². The maximum Gasteiger partial charge on any atom is 0.338 e. The van der Waals surface area contributed by atoms with Gasteiger partial charge in [-0.15, -0.1) is 0 Å². The fourth-order valence-electron chi connectivity index (χ4n) is 6.27. The number of hydrogen-bond donors (Lipinski definition) is 0. The number of carbonyl (C=O) groups is 2. The molecule has 55 heavy (non-hydrogen) atoms. The minimum atomic E-state index is -0.290. The Morgan fingerprint density at radius 1 is 0.545 bits per heavy atom. The molecular formula is C47H62N2O6. The topological polar surface area (TPSA) is 96.8 Å². The minimum absolute atomic E-state index is 0.0896. The van der Waals surface area contributed by atoms with Gasteiger partial charge in [0.25, 0.3) is 0 Å². The molecule has 4 rings (SSSR count). The van der Waals surface area contributed by atoms with Gasteiger partial charge in [-0.25, -0.2) is 14.8 Å². The summed E-state index contributed by atoms with van der Waals surface area (Å²) in [7, 11) is 0. The van der Waals surface area contributed by atoms with E-state index in [0.29, 0.717) is 42.5 Å². The van der Waals surface area contributed by atoms with Crippen molar-refractivity contribution in [2.75, 3.05) is 13.2 Å². The van der Waals surface area contributed by atoms with E-state index in [4.69, 9.17) is 18.9 Å². The first-order valence-electron chi connectivity index (χ1n) is 20.8. The van der Waals surface area contributed by atoms with Crippen LogP contribution in [-0.4, -0.2) is 41.2 Å². The van der Waals surface area contributed by atoms with Crippen molar-refractivity contribution in [1.29, 1.82) is 0 Å². The molecule has 0 bridgehead atoms. The summed E-state index contributed by atoms with van der Waals surface area (Å²) >= 11 is 0. The van der Waals surface area contributed by atoms with Crippen LogP contribution in [0.4, 0.5) is 0 Å². The van der Waals surface area contributed by atoms with Crippen molar-refractivity contribution in [3.8, 4) is 39.8 Å². The lowest BCUT2D eigenvalue weighted by molar-refractivity contribution is -0.134. The van der Waals surface area contributed by atoms with Gasteiger partial charge >= 0.3 is 11.9 Å². The van der Waals surface area contributed by atoms with Gasteiger partial charge in [-0.05, 0) is 98.7 Å². The first kappa shape index (κ1) is 43.0. The number of ether oxygens (including phenoxy) is 4. The van der Waals surface area contributed by atoms with Gasteiger partial charge in [-0.3, -0.25) is 4.79 Å². The van der Waals surface area contributed by atoms with Crippen LogP contribution in [0.3, 0.4) is 0 Å². The molecule has 0 unspecified atom stereocenters. The fourth-order valence-corrected chi connectivity index (χ4v) is 6.27. The third kappa shape index (κ3) is 16.7. The predicted molar refractivity (Wildman–Crippen MR) is 221 cm³/mol. The third-order valence-electron chi connectivity index (χ3n) is 9.61. The lowest BCUT2D eigenvalue weighted by Gasteiger charge is -2.13. The minimum Gasteiger partial charge on any atom is -0.494 e. The second-order valence-electron chi connectivity index (χ2n) is 14.4. The summed E-state index contributed by atoms with van der Waals surface area (Å²) in [5, 5.41) is 0. The molecule has 0 fully saturated rings. The molecule has 0 spiro atoms. The molecule has 0 saturated heterocycles. The highest BCUT2D eigenvalue weighted by Gasteiger charge is 2.13. The van der Waals surface area contributed by atoms with E-state index in [-0.39, 0.29) is 18.0 Å². The Labute approximate surface area is 329 Å². The van der Waals surface area contributed by atoms with Gasteiger partial charge in [-0.2, -0.15) is 0 Å². The largest absolute Gasteiger partial charge is 0.494 e. The van der Waals surface area contributed by atoms with E-state index in [0.717, 1.165) is 73.8 Å². The summed E-state index contributed by atoms with van der Waals surface area (Å²) < 4.78 is 22.9. The van der Waals surface area contributed by atoms with E-state index in [9.17, 15) is 9.59 Å². The van der Waals surface area contributed by atoms with Crippen molar-refractivity contribution in [3.05, 3.63) is 90.8 Å². The Kier molecular flexibility index (Phi) is 19.8. The van der Waals surface area contributed by atoms with Crippen LogP contribution in [0.5, 0.6) is 17.2 Å². The van der Waals surface area contributed by atoms with Crippen LogP contribution in [0.25, 0.3) is 22.5 Å². The van der Waals surface area contributed by atoms with Crippen molar-refractivity contribution in [1.82, 2.24) is 9.97 Å². The summed E-state index contributed by atoms with van der Waals surface area (Å²) in [6, 6.07) is 22.7.